The van der Waals surface area contributed by atoms with Gasteiger partial charge in [-0.3, -0.25) is 4.79 Å². The third kappa shape index (κ3) is 5.60. The lowest BCUT2D eigenvalue weighted by molar-refractivity contribution is -0.126. The smallest absolute Gasteiger partial charge is 0.320 e. The fourth-order valence-corrected chi connectivity index (χ4v) is 4.56. The fraction of sp³-hybridized carbons (Fsp3) is 0.900. The van der Waals surface area contributed by atoms with Gasteiger partial charge < -0.3 is 20.4 Å². The van der Waals surface area contributed by atoms with Crippen LogP contribution in [0.5, 0.6) is 0 Å². The maximum atomic E-state index is 12.5. The molecule has 2 aliphatic heterocycles. The van der Waals surface area contributed by atoms with Gasteiger partial charge in [-0.1, -0.05) is 25.7 Å². The number of piperidine rings is 1. The molecule has 6 nitrogen and oxygen atoms in total. The number of rotatable bonds is 5. The molecule has 0 aromatic heterocycles. The fourth-order valence-electron chi connectivity index (χ4n) is 4.56. The van der Waals surface area contributed by atoms with Crippen LogP contribution in [0.25, 0.3) is 0 Å². The molecule has 1 atom stereocenters. The Labute approximate surface area is 158 Å². The van der Waals surface area contributed by atoms with Crippen molar-refractivity contribution in [2.75, 3.05) is 39.3 Å². The van der Waals surface area contributed by atoms with Crippen molar-refractivity contribution in [1.82, 2.24) is 20.4 Å². The molecule has 2 saturated heterocycles. The summed E-state index contributed by atoms with van der Waals surface area (Å²) < 4.78 is 0. The van der Waals surface area contributed by atoms with Gasteiger partial charge in [0.25, 0.3) is 0 Å². The molecule has 26 heavy (non-hydrogen) atoms. The zero-order chi connectivity index (χ0) is 18.2. The average Bonchev–Trinajstić information content (AvgIpc) is 3.09. The van der Waals surface area contributed by atoms with Crippen molar-refractivity contribution < 1.29 is 9.59 Å². The highest BCUT2D eigenvalue weighted by Crippen LogP contribution is 2.20. The number of hydrogen-bond acceptors (Lipinski definition) is 3. The third-order valence-electron chi connectivity index (χ3n) is 6.15. The van der Waals surface area contributed by atoms with E-state index in [2.05, 4.69) is 10.6 Å². The lowest BCUT2D eigenvalue weighted by atomic mass is 9.97. The summed E-state index contributed by atoms with van der Waals surface area (Å²) in [6, 6.07) is 0.757. The molecule has 0 radical (unpaired) electrons. The van der Waals surface area contributed by atoms with E-state index in [9.17, 15) is 9.59 Å². The summed E-state index contributed by atoms with van der Waals surface area (Å²) in [6.45, 7) is 4.66. The van der Waals surface area contributed by atoms with Gasteiger partial charge in [-0.15, -0.1) is 0 Å². The number of carbonyl (C=O) groups is 2. The molecular formula is C20H36N4O2. The molecule has 6 heteroatoms. The van der Waals surface area contributed by atoms with E-state index in [0.29, 0.717) is 19.1 Å². The van der Waals surface area contributed by atoms with Crippen LogP contribution in [0.1, 0.15) is 64.2 Å². The second-order valence-corrected chi connectivity index (χ2v) is 8.20. The summed E-state index contributed by atoms with van der Waals surface area (Å²) in [5.41, 5.74) is 0. The van der Waals surface area contributed by atoms with E-state index in [1.807, 2.05) is 9.80 Å². The number of likely N-dealkylation sites (tertiary alicyclic amines) is 2. The number of nitrogens with one attached hydrogen (secondary N) is 2. The Hall–Kier alpha value is -1.30. The predicted molar refractivity (Wildman–Crippen MR) is 103 cm³/mol. The number of amides is 3. The van der Waals surface area contributed by atoms with E-state index in [-0.39, 0.29) is 17.9 Å². The molecule has 0 spiro atoms. The molecule has 1 unspecified atom stereocenters. The van der Waals surface area contributed by atoms with Crippen LogP contribution in [0, 0.1) is 5.92 Å². The standard InChI is InChI=1S/C20H36N4O2/c25-19(22-12-11-21-18-9-3-1-2-4-10-18)17-8-7-15-24(16-17)20(26)23-13-5-6-14-23/h17-18,21H,1-16H2,(H,22,25). The lowest BCUT2D eigenvalue weighted by Gasteiger charge is -2.34. The average molecular weight is 365 g/mol. The molecule has 0 bridgehead atoms. The molecule has 3 amide bonds. The monoisotopic (exact) mass is 364 g/mol. The van der Waals surface area contributed by atoms with Crippen LogP contribution < -0.4 is 10.6 Å². The quantitative estimate of drug-likeness (QED) is 0.581. The molecular weight excluding hydrogens is 328 g/mol. The molecule has 148 valence electrons. The van der Waals surface area contributed by atoms with Crippen LogP contribution in [-0.4, -0.2) is 67.0 Å². The summed E-state index contributed by atoms with van der Waals surface area (Å²) in [4.78, 5) is 28.9. The summed E-state index contributed by atoms with van der Waals surface area (Å²) in [7, 11) is 0. The van der Waals surface area contributed by atoms with E-state index in [1.165, 1.54) is 38.5 Å². The molecule has 3 rings (SSSR count). The van der Waals surface area contributed by atoms with Crippen molar-refractivity contribution in [2.45, 2.75) is 70.3 Å². The largest absolute Gasteiger partial charge is 0.355 e. The third-order valence-corrected chi connectivity index (χ3v) is 6.15. The predicted octanol–water partition coefficient (Wildman–Crippen LogP) is 2.34. The first-order chi connectivity index (χ1) is 12.7. The van der Waals surface area contributed by atoms with Gasteiger partial charge in [0.1, 0.15) is 0 Å². The van der Waals surface area contributed by atoms with Crippen molar-refractivity contribution in [3.05, 3.63) is 0 Å². The van der Waals surface area contributed by atoms with E-state index >= 15 is 0 Å². The number of hydrogen-bond donors (Lipinski definition) is 2. The minimum absolute atomic E-state index is 0.0480. The number of urea groups is 1. The highest BCUT2D eigenvalue weighted by molar-refractivity contribution is 5.81. The second-order valence-electron chi connectivity index (χ2n) is 8.20. The zero-order valence-electron chi connectivity index (χ0n) is 16.2. The van der Waals surface area contributed by atoms with Gasteiger partial charge >= 0.3 is 6.03 Å². The van der Waals surface area contributed by atoms with Gasteiger partial charge in [0, 0.05) is 45.3 Å². The lowest BCUT2D eigenvalue weighted by Crippen LogP contribution is -2.50. The van der Waals surface area contributed by atoms with Gasteiger partial charge in [0.2, 0.25) is 5.91 Å². The summed E-state index contributed by atoms with van der Waals surface area (Å²) >= 11 is 0. The molecule has 2 heterocycles. The maximum Gasteiger partial charge on any atom is 0.320 e. The maximum absolute atomic E-state index is 12.5. The summed E-state index contributed by atoms with van der Waals surface area (Å²) in [5, 5.41) is 6.68. The van der Waals surface area contributed by atoms with Gasteiger partial charge in [-0.2, -0.15) is 0 Å². The first-order valence-corrected chi connectivity index (χ1v) is 10.8. The minimum Gasteiger partial charge on any atom is -0.355 e. The Morgan fingerprint density at radius 2 is 1.46 bits per heavy atom. The van der Waals surface area contributed by atoms with Crippen LogP contribution in [0.4, 0.5) is 4.79 Å². The van der Waals surface area contributed by atoms with Crippen LogP contribution >= 0.6 is 0 Å². The van der Waals surface area contributed by atoms with Gasteiger partial charge in [0.15, 0.2) is 0 Å². The Balaban J connectivity index is 1.35. The van der Waals surface area contributed by atoms with Crippen molar-refractivity contribution in [3.8, 4) is 0 Å². The Kier molecular flexibility index (Phi) is 7.59. The second kappa shape index (κ2) is 10.1. The number of nitrogens with zero attached hydrogens (tertiary/aromatic N) is 2. The molecule has 1 aliphatic carbocycles. The zero-order valence-corrected chi connectivity index (χ0v) is 16.2. The van der Waals surface area contributed by atoms with E-state index in [1.54, 1.807) is 0 Å². The van der Waals surface area contributed by atoms with Crippen LogP contribution in [0.3, 0.4) is 0 Å². The molecule has 3 fully saturated rings. The molecule has 2 N–H and O–H groups in total. The van der Waals surface area contributed by atoms with E-state index in [4.69, 9.17) is 0 Å². The van der Waals surface area contributed by atoms with Crippen molar-refractivity contribution >= 4 is 11.9 Å². The number of carbonyl (C=O) groups excluding carboxylic acids is 2. The first kappa shape index (κ1) is 19.5. The highest BCUT2D eigenvalue weighted by Gasteiger charge is 2.31. The van der Waals surface area contributed by atoms with Crippen LogP contribution in [0.15, 0.2) is 0 Å². The topological polar surface area (TPSA) is 64.7 Å². The summed E-state index contributed by atoms with van der Waals surface area (Å²) in [5.74, 6) is 0.0692. The van der Waals surface area contributed by atoms with E-state index < -0.39 is 0 Å². The first-order valence-electron chi connectivity index (χ1n) is 10.8. The Bertz CT molecular complexity index is 457. The SMILES string of the molecule is O=C(NCCNC1CCCCCC1)C1CCCN(C(=O)N2CCCC2)C1. The Morgan fingerprint density at radius 1 is 0.769 bits per heavy atom. The van der Waals surface area contributed by atoms with Crippen molar-refractivity contribution in [3.63, 3.8) is 0 Å². The van der Waals surface area contributed by atoms with Crippen molar-refractivity contribution in [1.29, 1.82) is 0 Å². The molecule has 0 aromatic rings. The molecule has 1 saturated carbocycles. The van der Waals surface area contributed by atoms with Crippen LogP contribution in [0.2, 0.25) is 0 Å². The Morgan fingerprint density at radius 3 is 2.19 bits per heavy atom. The van der Waals surface area contributed by atoms with Gasteiger partial charge in [-0.05, 0) is 38.5 Å². The van der Waals surface area contributed by atoms with Gasteiger partial charge in [-0.25, -0.2) is 4.79 Å². The molecule has 3 aliphatic rings. The summed E-state index contributed by atoms with van der Waals surface area (Å²) in [6.07, 6.45) is 12.0. The van der Waals surface area contributed by atoms with Gasteiger partial charge in [0.05, 0.1) is 5.92 Å². The molecule has 0 aromatic carbocycles. The minimum atomic E-state index is -0.0480. The highest BCUT2D eigenvalue weighted by atomic mass is 16.2. The van der Waals surface area contributed by atoms with Crippen molar-refractivity contribution in [2.24, 2.45) is 5.92 Å². The van der Waals surface area contributed by atoms with Crippen LogP contribution in [-0.2, 0) is 4.79 Å². The normalized spacial score (nSPS) is 25.2. The van der Waals surface area contributed by atoms with E-state index in [0.717, 1.165) is 51.9 Å².